The van der Waals surface area contributed by atoms with E-state index in [1.807, 2.05) is 42.5 Å². The highest BCUT2D eigenvalue weighted by Crippen LogP contribution is 2.19. The summed E-state index contributed by atoms with van der Waals surface area (Å²) in [7, 11) is 0. The van der Waals surface area contributed by atoms with Crippen molar-refractivity contribution in [3.63, 3.8) is 0 Å². The molecule has 2 rings (SSSR count). The lowest BCUT2D eigenvalue weighted by atomic mass is 10.0. The molecule has 0 aliphatic heterocycles. The van der Waals surface area contributed by atoms with Crippen LogP contribution in [0.1, 0.15) is 47.3 Å². The van der Waals surface area contributed by atoms with Gasteiger partial charge in [-0.05, 0) is 29.7 Å². The molecule has 0 bridgehead atoms. The predicted molar refractivity (Wildman–Crippen MR) is 93.1 cm³/mol. The van der Waals surface area contributed by atoms with Gasteiger partial charge in [-0.1, -0.05) is 55.8 Å². The first kappa shape index (κ1) is 18.2. The average molecular weight is 319 g/mol. The number of nitrogens with one attached hydrogen (secondary N) is 1. The van der Waals surface area contributed by atoms with Gasteiger partial charge in [-0.25, -0.2) is 0 Å². The van der Waals surface area contributed by atoms with Crippen LogP contribution in [0.5, 0.6) is 0 Å². The van der Waals surface area contributed by atoms with Gasteiger partial charge in [0, 0.05) is 12.1 Å². The lowest BCUT2D eigenvalue weighted by Crippen LogP contribution is -2.28. The van der Waals surface area contributed by atoms with E-state index < -0.39 is 0 Å². The van der Waals surface area contributed by atoms with Crippen molar-refractivity contribution >= 4 is 18.3 Å². The Labute approximate surface area is 138 Å². The van der Waals surface area contributed by atoms with Crippen molar-refractivity contribution in [1.29, 1.82) is 0 Å². The van der Waals surface area contributed by atoms with Crippen molar-refractivity contribution in [1.82, 2.24) is 5.32 Å². The average Bonchev–Trinajstić information content (AvgIpc) is 2.55. The third-order valence-corrected chi connectivity index (χ3v) is 3.54. The van der Waals surface area contributed by atoms with Crippen molar-refractivity contribution in [3.05, 3.63) is 71.3 Å². The van der Waals surface area contributed by atoms with E-state index in [9.17, 15) is 4.79 Å². The molecule has 0 radical (unpaired) electrons. The Morgan fingerprint density at radius 2 is 1.73 bits per heavy atom. The smallest absolute Gasteiger partial charge is 0.251 e. The van der Waals surface area contributed by atoms with Crippen LogP contribution >= 0.6 is 12.4 Å². The van der Waals surface area contributed by atoms with Gasteiger partial charge in [0.15, 0.2) is 0 Å². The minimum atomic E-state index is -0.0409. The van der Waals surface area contributed by atoms with Gasteiger partial charge in [0.25, 0.3) is 5.91 Å². The molecular weight excluding hydrogens is 296 g/mol. The summed E-state index contributed by atoms with van der Waals surface area (Å²) in [6.07, 6.45) is 1.95. The van der Waals surface area contributed by atoms with E-state index in [4.69, 9.17) is 5.73 Å². The van der Waals surface area contributed by atoms with Crippen molar-refractivity contribution in [2.45, 2.75) is 32.4 Å². The van der Waals surface area contributed by atoms with E-state index >= 15 is 0 Å². The maximum absolute atomic E-state index is 12.4. The molecule has 1 unspecified atom stereocenters. The summed E-state index contributed by atoms with van der Waals surface area (Å²) >= 11 is 0. The van der Waals surface area contributed by atoms with Crippen molar-refractivity contribution < 1.29 is 4.79 Å². The van der Waals surface area contributed by atoms with Crippen molar-refractivity contribution in [2.75, 3.05) is 0 Å². The Morgan fingerprint density at radius 3 is 2.27 bits per heavy atom. The lowest BCUT2D eigenvalue weighted by Gasteiger charge is -2.18. The SMILES string of the molecule is CCCC(NC(=O)c1ccc(CN)cc1)c1ccccc1.Cl. The summed E-state index contributed by atoms with van der Waals surface area (Å²) in [5.74, 6) is -0.0409. The number of nitrogens with two attached hydrogens (primary N) is 1. The number of hydrogen-bond acceptors (Lipinski definition) is 2. The first-order chi connectivity index (χ1) is 10.2. The fourth-order valence-electron chi connectivity index (χ4n) is 2.33. The number of rotatable bonds is 6. The maximum atomic E-state index is 12.4. The number of benzene rings is 2. The van der Waals surface area contributed by atoms with Gasteiger partial charge < -0.3 is 11.1 Å². The third kappa shape index (κ3) is 4.86. The highest BCUT2D eigenvalue weighted by Gasteiger charge is 2.14. The zero-order valence-corrected chi connectivity index (χ0v) is 13.6. The molecule has 3 N–H and O–H groups in total. The normalized spacial score (nSPS) is 11.4. The van der Waals surface area contributed by atoms with Gasteiger partial charge in [-0.2, -0.15) is 0 Å². The number of amides is 1. The zero-order chi connectivity index (χ0) is 15.1. The topological polar surface area (TPSA) is 55.1 Å². The molecule has 0 fully saturated rings. The molecule has 0 heterocycles. The largest absolute Gasteiger partial charge is 0.345 e. The van der Waals surface area contributed by atoms with Crippen molar-refractivity contribution in [2.24, 2.45) is 5.73 Å². The van der Waals surface area contributed by atoms with E-state index in [0.29, 0.717) is 12.1 Å². The summed E-state index contributed by atoms with van der Waals surface area (Å²) in [5.41, 5.74) is 8.41. The third-order valence-electron chi connectivity index (χ3n) is 3.54. The minimum Gasteiger partial charge on any atom is -0.345 e. The minimum absolute atomic E-state index is 0. The summed E-state index contributed by atoms with van der Waals surface area (Å²) in [6, 6.07) is 17.6. The molecule has 0 saturated carbocycles. The van der Waals surface area contributed by atoms with Gasteiger partial charge in [0.2, 0.25) is 0 Å². The quantitative estimate of drug-likeness (QED) is 0.850. The first-order valence-electron chi connectivity index (χ1n) is 7.39. The monoisotopic (exact) mass is 318 g/mol. The molecule has 1 amide bonds. The Bertz CT molecular complexity index is 569. The summed E-state index contributed by atoms with van der Waals surface area (Å²) in [6.45, 7) is 2.61. The molecule has 4 heteroatoms. The summed E-state index contributed by atoms with van der Waals surface area (Å²) in [5, 5.41) is 3.12. The van der Waals surface area contributed by atoms with Crippen LogP contribution in [-0.4, -0.2) is 5.91 Å². The fraction of sp³-hybridized carbons (Fsp3) is 0.278. The number of carbonyl (C=O) groups excluding carboxylic acids is 1. The van der Waals surface area contributed by atoms with Crippen LogP contribution in [0, 0.1) is 0 Å². The Balaban J connectivity index is 0.00000242. The molecule has 0 aliphatic carbocycles. The molecular formula is C18H23ClN2O. The molecule has 0 saturated heterocycles. The van der Waals surface area contributed by atoms with Crippen LogP contribution in [0.2, 0.25) is 0 Å². The summed E-state index contributed by atoms with van der Waals surface area (Å²) < 4.78 is 0. The second kappa shape index (κ2) is 9.23. The van der Waals surface area contributed by atoms with E-state index in [1.165, 1.54) is 0 Å². The maximum Gasteiger partial charge on any atom is 0.251 e. The second-order valence-corrected chi connectivity index (χ2v) is 5.13. The Kier molecular flexibility index (Phi) is 7.64. The van der Waals surface area contributed by atoms with E-state index in [1.54, 1.807) is 0 Å². The molecule has 0 aromatic heterocycles. The number of hydrogen-bond donors (Lipinski definition) is 2. The van der Waals surface area contributed by atoms with Crippen LogP contribution in [0.3, 0.4) is 0 Å². The molecule has 2 aromatic carbocycles. The number of carbonyl (C=O) groups is 1. The second-order valence-electron chi connectivity index (χ2n) is 5.13. The summed E-state index contributed by atoms with van der Waals surface area (Å²) in [4.78, 5) is 12.4. The molecule has 22 heavy (non-hydrogen) atoms. The highest BCUT2D eigenvalue weighted by molar-refractivity contribution is 5.94. The molecule has 0 spiro atoms. The molecule has 0 aliphatic rings. The molecule has 1 atom stereocenters. The number of halogens is 1. The van der Waals surface area contributed by atoms with Crippen LogP contribution in [0.15, 0.2) is 54.6 Å². The van der Waals surface area contributed by atoms with Crippen LogP contribution in [-0.2, 0) is 6.54 Å². The zero-order valence-electron chi connectivity index (χ0n) is 12.8. The Morgan fingerprint density at radius 1 is 1.09 bits per heavy atom. The molecule has 118 valence electrons. The highest BCUT2D eigenvalue weighted by atomic mass is 35.5. The van der Waals surface area contributed by atoms with Gasteiger partial charge >= 0.3 is 0 Å². The standard InChI is InChI=1S/C18H22N2O.ClH/c1-2-6-17(15-7-4-3-5-8-15)20-18(21)16-11-9-14(13-19)10-12-16;/h3-5,7-12,17H,2,6,13,19H2,1H3,(H,20,21);1H. The van der Waals surface area contributed by atoms with E-state index in [0.717, 1.165) is 24.0 Å². The van der Waals surface area contributed by atoms with Crippen LogP contribution in [0.4, 0.5) is 0 Å². The van der Waals surface area contributed by atoms with Crippen LogP contribution in [0.25, 0.3) is 0 Å². The molecule has 3 nitrogen and oxygen atoms in total. The van der Waals surface area contributed by atoms with Crippen molar-refractivity contribution in [3.8, 4) is 0 Å². The Hall–Kier alpha value is -1.84. The van der Waals surface area contributed by atoms with Gasteiger partial charge in [0.05, 0.1) is 6.04 Å². The van der Waals surface area contributed by atoms with E-state index in [2.05, 4.69) is 24.4 Å². The lowest BCUT2D eigenvalue weighted by molar-refractivity contribution is 0.0934. The van der Waals surface area contributed by atoms with E-state index in [-0.39, 0.29) is 24.4 Å². The molecule has 2 aromatic rings. The van der Waals surface area contributed by atoms with Crippen LogP contribution < -0.4 is 11.1 Å². The fourth-order valence-corrected chi connectivity index (χ4v) is 2.33. The first-order valence-corrected chi connectivity index (χ1v) is 7.39. The predicted octanol–water partition coefficient (Wildman–Crippen LogP) is 3.84. The van der Waals surface area contributed by atoms with Gasteiger partial charge in [0.1, 0.15) is 0 Å². The van der Waals surface area contributed by atoms with Gasteiger partial charge in [-0.3, -0.25) is 4.79 Å². The van der Waals surface area contributed by atoms with Gasteiger partial charge in [-0.15, -0.1) is 12.4 Å².